The molecule has 7 nitrogen and oxygen atoms in total. The second kappa shape index (κ2) is 8.91. The normalized spacial score (nSPS) is 11.1. The minimum Gasteiger partial charge on any atom is -0.338 e. The first-order chi connectivity index (χ1) is 13.5. The first-order valence-corrected chi connectivity index (χ1v) is 9.86. The molecule has 0 spiro atoms. The molecule has 2 amide bonds. The molecule has 0 radical (unpaired) electrons. The van der Waals surface area contributed by atoms with Crippen LogP contribution in [-0.4, -0.2) is 50.4 Å². The van der Waals surface area contributed by atoms with E-state index in [0.717, 1.165) is 54.1 Å². The molecule has 0 unspecified atom stereocenters. The molecule has 0 bridgehead atoms. The molecule has 0 fully saturated rings. The van der Waals surface area contributed by atoms with Crippen LogP contribution in [0, 0.1) is 13.8 Å². The van der Waals surface area contributed by atoms with Gasteiger partial charge in [0.1, 0.15) is 5.82 Å². The van der Waals surface area contributed by atoms with Crippen molar-refractivity contribution in [3.05, 3.63) is 47.5 Å². The van der Waals surface area contributed by atoms with Gasteiger partial charge in [-0.3, -0.25) is 4.68 Å². The van der Waals surface area contributed by atoms with Crippen molar-refractivity contribution in [1.29, 1.82) is 0 Å². The maximum Gasteiger partial charge on any atom is 0.317 e. The van der Waals surface area contributed by atoms with E-state index in [2.05, 4.69) is 39.0 Å². The molecular weight excluding hydrogens is 352 g/mol. The van der Waals surface area contributed by atoms with Gasteiger partial charge in [0.2, 0.25) is 0 Å². The Bertz CT molecular complexity index is 942. The van der Waals surface area contributed by atoms with E-state index in [-0.39, 0.29) is 6.03 Å². The number of benzene rings is 1. The van der Waals surface area contributed by atoms with Crippen molar-refractivity contribution in [2.75, 3.05) is 20.1 Å². The molecule has 0 saturated carbocycles. The van der Waals surface area contributed by atoms with Crippen LogP contribution < -0.4 is 5.32 Å². The second-order valence-electron chi connectivity index (χ2n) is 7.34. The summed E-state index contributed by atoms with van der Waals surface area (Å²) in [5.74, 6) is 1.05. The van der Waals surface area contributed by atoms with Crippen LogP contribution in [0.4, 0.5) is 4.79 Å². The van der Waals surface area contributed by atoms with Crippen LogP contribution in [0.15, 0.2) is 30.3 Å². The van der Waals surface area contributed by atoms with Crippen molar-refractivity contribution >= 4 is 17.1 Å². The van der Waals surface area contributed by atoms with Gasteiger partial charge in [-0.05, 0) is 44.9 Å². The highest BCUT2D eigenvalue weighted by molar-refractivity contribution is 5.75. The summed E-state index contributed by atoms with van der Waals surface area (Å²) in [6.45, 7) is 6.22. The minimum absolute atomic E-state index is 0.0293. The summed E-state index contributed by atoms with van der Waals surface area (Å²) in [4.78, 5) is 18.7. The molecule has 0 aliphatic carbocycles. The Morgan fingerprint density at radius 2 is 2.00 bits per heavy atom. The summed E-state index contributed by atoms with van der Waals surface area (Å²) >= 11 is 0. The molecule has 2 heterocycles. The number of imidazole rings is 1. The Kier molecular flexibility index (Phi) is 6.34. The van der Waals surface area contributed by atoms with E-state index in [1.165, 1.54) is 0 Å². The molecule has 3 aromatic rings. The summed E-state index contributed by atoms with van der Waals surface area (Å²) in [6, 6.07) is 10.2. The molecule has 28 heavy (non-hydrogen) atoms. The molecule has 2 aromatic heterocycles. The van der Waals surface area contributed by atoms with Crippen molar-refractivity contribution in [2.45, 2.75) is 39.7 Å². The molecule has 0 aliphatic rings. The first-order valence-electron chi connectivity index (χ1n) is 9.86. The van der Waals surface area contributed by atoms with E-state index < -0.39 is 0 Å². The van der Waals surface area contributed by atoms with Gasteiger partial charge in [0.15, 0.2) is 0 Å². The summed E-state index contributed by atoms with van der Waals surface area (Å²) < 4.78 is 4.13. The quantitative estimate of drug-likeness (QED) is 0.609. The number of aryl methyl sites for hydroxylation is 5. The average Bonchev–Trinajstić information content (AvgIpc) is 3.17. The lowest BCUT2D eigenvalue weighted by atomic mass is 10.3. The zero-order valence-corrected chi connectivity index (χ0v) is 17.3. The third kappa shape index (κ3) is 4.71. The number of nitrogens with zero attached hydrogens (tertiary/aromatic N) is 5. The van der Waals surface area contributed by atoms with Crippen LogP contribution in [0.5, 0.6) is 0 Å². The van der Waals surface area contributed by atoms with Crippen LogP contribution in [0.2, 0.25) is 0 Å². The van der Waals surface area contributed by atoms with Crippen molar-refractivity contribution in [2.24, 2.45) is 7.05 Å². The number of amides is 2. The number of urea groups is 1. The number of aromatic nitrogens is 4. The monoisotopic (exact) mass is 382 g/mol. The van der Waals surface area contributed by atoms with Gasteiger partial charge in [0, 0.05) is 45.8 Å². The number of hydrogen-bond acceptors (Lipinski definition) is 3. The molecule has 3 rings (SSSR count). The Balaban J connectivity index is 1.37. The van der Waals surface area contributed by atoms with E-state index in [1.807, 2.05) is 43.9 Å². The Labute approximate surface area is 166 Å². The minimum atomic E-state index is -0.0293. The Hall–Kier alpha value is -2.83. The highest BCUT2D eigenvalue weighted by Gasteiger charge is 2.10. The van der Waals surface area contributed by atoms with E-state index >= 15 is 0 Å². The van der Waals surface area contributed by atoms with Crippen molar-refractivity contribution < 1.29 is 4.79 Å². The van der Waals surface area contributed by atoms with Crippen LogP contribution in [0.3, 0.4) is 0 Å². The van der Waals surface area contributed by atoms with E-state index in [4.69, 9.17) is 0 Å². The standard InChI is InChI=1S/C21H30N6O/c1-16-15-17(2)27(24-16)14-8-13-25(3)21(28)22-12-7-11-20-23-18-9-5-6-10-19(18)26(20)4/h5-6,9-10,15H,7-8,11-14H2,1-4H3,(H,22,28). The van der Waals surface area contributed by atoms with Gasteiger partial charge in [-0.15, -0.1) is 0 Å². The van der Waals surface area contributed by atoms with Crippen LogP contribution in [0.25, 0.3) is 11.0 Å². The van der Waals surface area contributed by atoms with E-state index in [9.17, 15) is 4.79 Å². The van der Waals surface area contributed by atoms with Crippen molar-refractivity contribution in [1.82, 2.24) is 29.5 Å². The fraction of sp³-hybridized carbons (Fsp3) is 0.476. The summed E-state index contributed by atoms with van der Waals surface area (Å²) in [7, 11) is 3.88. The first kappa shape index (κ1) is 19.9. The van der Waals surface area contributed by atoms with Crippen molar-refractivity contribution in [3.63, 3.8) is 0 Å². The Morgan fingerprint density at radius 3 is 2.71 bits per heavy atom. The predicted molar refractivity (Wildman–Crippen MR) is 111 cm³/mol. The topological polar surface area (TPSA) is 68.0 Å². The fourth-order valence-electron chi connectivity index (χ4n) is 3.46. The number of carbonyl (C=O) groups excluding carboxylic acids is 1. The molecule has 0 saturated heterocycles. The number of carbonyl (C=O) groups is 1. The number of rotatable bonds is 8. The van der Waals surface area contributed by atoms with E-state index in [1.54, 1.807) is 4.90 Å². The molecule has 1 aromatic carbocycles. The number of fused-ring (bicyclic) bond motifs is 1. The summed E-state index contributed by atoms with van der Waals surface area (Å²) in [6.07, 6.45) is 2.58. The second-order valence-corrected chi connectivity index (χ2v) is 7.34. The van der Waals surface area contributed by atoms with Gasteiger partial charge in [-0.1, -0.05) is 12.1 Å². The van der Waals surface area contributed by atoms with E-state index in [0.29, 0.717) is 13.1 Å². The van der Waals surface area contributed by atoms with Gasteiger partial charge in [0.05, 0.1) is 16.7 Å². The maximum atomic E-state index is 12.2. The number of hydrogen-bond donors (Lipinski definition) is 1. The SMILES string of the molecule is Cc1cc(C)n(CCCN(C)C(=O)NCCCc2nc3ccccc3n2C)n1. The maximum absolute atomic E-state index is 12.2. The molecule has 0 aliphatic heterocycles. The zero-order chi connectivity index (χ0) is 20.1. The largest absolute Gasteiger partial charge is 0.338 e. The molecule has 7 heteroatoms. The molecule has 1 N–H and O–H groups in total. The smallest absolute Gasteiger partial charge is 0.317 e. The fourth-order valence-corrected chi connectivity index (χ4v) is 3.46. The lowest BCUT2D eigenvalue weighted by Crippen LogP contribution is -2.38. The highest BCUT2D eigenvalue weighted by atomic mass is 16.2. The van der Waals surface area contributed by atoms with Gasteiger partial charge in [0.25, 0.3) is 0 Å². The Morgan fingerprint density at radius 1 is 1.21 bits per heavy atom. The zero-order valence-electron chi connectivity index (χ0n) is 17.3. The van der Waals surface area contributed by atoms with Gasteiger partial charge in [-0.2, -0.15) is 5.10 Å². The molecular formula is C21H30N6O. The lowest BCUT2D eigenvalue weighted by Gasteiger charge is -2.18. The molecule has 150 valence electrons. The average molecular weight is 383 g/mol. The third-order valence-corrected chi connectivity index (χ3v) is 5.05. The predicted octanol–water partition coefficient (Wildman–Crippen LogP) is 3.05. The van der Waals surface area contributed by atoms with Gasteiger partial charge < -0.3 is 14.8 Å². The third-order valence-electron chi connectivity index (χ3n) is 5.05. The number of nitrogens with one attached hydrogen (secondary N) is 1. The van der Waals surface area contributed by atoms with Gasteiger partial charge in [-0.25, -0.2) is 9.78 Å². The van der Waals surface area contributed by atoms with Crippen LogP contribution >= 0.6 is 0 Å². The van der Waals surface area contributed by atoms with Crippen molar-refractivity contribution in [3.8, 4) is 0 Å². The lowest BCUT2D eigenvalue weighted by molar-refractivity contribution is 0.207. The number of para-hydroxylation sites is 2. The summed E-state index contributed by atoms with van der Waals surface area (Å²) in [5, 5.41) is 7.45. The van der Waals surface area contributed by atoms with Crippen LogP contribution in [-0.2, 0) is 20.0 Å². The van der Waals surface area contributed by atoms with Crippen LogP contribution in [0.1, 0.15) is 30.1 Å². The highest BCUT2D eigenvalue weighted by Crippen LogP contribution is 2.15. The summed E-state index contributed by atoms with van der Waals surface area (Å²) in [5.41, 5.74) is 4.35. The van der Waals surface area contributed by atoms with Gasteiger partial charge >= 0.3 is 6.03 Å². The molecule has 0 atom stereocenters.